The van der Waals surface area contributed by atoms with Crippen molar-refractivity contribution in [3.63, 3.8) is 0 Å². The Labute approximate surface area is 367 Å². The lowest BCUT2D eigenvalue weighted by molar-refractivity contribution is -0.870. The fourth-order valence-electron chi connectivity index (χ4n) is 5.78. The lowest BCUT2D eigenvalue weighted by Crippen LogP contribution is -2.37. The van der Waals surface area contributed by atoms with Crippen LogP contribution in [0.1, 0.15) is 168 Å². The smallest absolute Gasteiger partial charge is 0.306 e. The molecule has 0 aliphatic heterocycles. The van der Waals surface area contributed by atoms with E-state index in [4.69, 9.17) is 18.5 Å². The van der Waals surface area contributed by atoms with Crippen LogP contribution >= 0.6 is 7.82 Å². The lowest BCUT2D eigenvalue weighted by atomic mass is 10.1. The van der Waals surface area contributed by atoms with E-state index in [0.717, 1.165) is 64.2 Å². The average Bonchev–Trinajstić information content (AvgIpc) is 3.20. The Kier molecular flexibility index (Phi) is 39.6. The second-order valence-electron chi connectivity index (χ2n) is 16.4. The number of carbonyl (C=O) groups is 2. The summed E-state index contributed by atoms with van der Waals surface area (Å²) in [5, 5.41) is 0. The summed E-state index contributed by atoms with van der Waals surface area (Å²) < 4.78 is 33.9. The highest BCUT2D eigenvalue weighted by Crippen LogP contribution is 2.38. The zero-order valence-electron chi connectivity index (χ0n) is 38.6. The third kappa shape index (κ3) is 44.7. The zero-order valence-corrected chi connectivity index (χ0v) is 39.5. The van der Waals surface area contributed by atoms with Gasteiger partial charge in [0, 0.05) is 12.8 Å². The number of phosphoric ester groups is 1. The minimum atomic E-state index is -4.65. The van der Waals surface area contributed by atoms with Crippen molar-refractivity contribution in [1.29, 1.82) is 0 Å². The molecular weight excluding hydrogens is 774 g/mol. The predicted molar refractivity (Wildman–Crippen MR) is 249 cm³/mol. The van der Waals surface area contributed by atoms with E-state index in [-0.39, 0.29) is 26.1 Å². The Balaban J connectivity index is 4.47. The standard InChI is InChI=1S/C50H86NO8P/c1-6-8-10-12-14-16-18-20-22-24-25-27-28-30-32-34-36-38-40-42-49(52)56-46-48(47-58-60(54,55)57-45-44-51(3,4)5)59-50(53)43-41-39-37-35-33-31-29-26-23-21-19-17-15-13-11-9-7-2/h8,10,14,16,20,22,25,27,29-32,35,37,48H,6-7,9,11-13,15,17-19,21,23-24,26,28,33-34,36,38-47H2,1-5H3/b10-8+,16-14+,22-20+,27-25+,31-29+,32-30+,37-35+/t48-/m1/s1. The Morgan fingerprint density at radius 2 is 0.967 bits per heavy atom. The van der Waals surface area contributed by atoms with Gasteiger partial charge < -0.3 is 27.9 Å². The number of ether oxygens (including phenoxy) is 2. The van der Waals surface area contributed by atoms with Gasteiger partial charge in [-0.2, -0.15) is 0 Å². The van der Waals surface area contributed by atoms with Crippen LogP contribution in [-0.4, -0.2) is 70.0 Å². The van der Waals surface area contributed by atoms with Crippen LogP contribution in [0.2, 0.25) is 0 Å². The Morgan fingerprint density at radius 3 is 1.47 bits per heavy atom. The van der Waals surface area contributed by atoms with Crippen molar-refractivity contribution in [2.75, 3.05) is 47.5 Å². The van der Waals surface area contributed by atoms with Crippen LogP contribution in [0.3, 0.4) is 0 Å². The number of rotatable bonds is 41. The molecule has 60 heavy (non-hydrogen) atoms. The number of carbonyl (C=O) groups excluding carboxylic acids is 2. The van der Waals surface area contributed by atoms with Crippen molar-refractivity contribution in [2.24, 2.45) is 0 Å². The molecule has 0 rings (SSSR count). The molecule has 0 heterocycles. The van der Waals surface area contributed by atoms with Crippen LogP contribution in [0, 0.1) is 0 Å². The van der Waals surface area contributed by atoms with E-state index >= 15 is 0 Å². The zero-order chi connectivity index (χ0) is 44.3. The van der Waals surface area contributed by atoms with Crippen molar-refractivity contribution in [3.8, 4) is 0 Å². The van der Waals surface area contributed by atoms with Gasteiger partial charge in [0.25, 0.3) is 7.82 Å². The van der Waals surface area contributed by atoms with Crippen molar-refractivity contribution in [1.82, 2.24) is 0 Å². The molecule has 0 aromatic carbocycles. The van der Waals surface area contributed by atoms with Gasteiger partial charge in [-0.3, -0.25) is 14.2 Å². The topological polar surface area (TPSA) is 111 Å². The molecule has 0 aliphatic carbocycles. The summed E-state index contributed by atoms with van der Waals surface area (Å²) in [6, 6.07) is 0. The van der Waals surface area contributed by atoms with Crippen molar-refractivity contribution >= 4 is 19.8 Å². The molecule has 344 valence electrons. The summed E-state index contributed by atoms with van der Waals surface area (Å²) in [5.74, 6) is -0.932. The van der Waals surface area contributed by atoms with E-state index in [1.54, 1.807) is 0 Å². The molecule has 0 spiro atoms. The second-order valence-corrected chi connectivity index (χ2v) is 17.8. The van der Waals surface area contributed by atoms with Gasteiger partial charge in [0.05, 0.1) is 27.7 Å². The van der Waals surface area contributed by atoms with Gasteiger partial charge in [-0.1, -0.05) is 157 Å². The van der Waals surface area contributed by atoms with Gasteiger partial charge in [-0.05, 0) is 83.5 Å². The monoisotopic (exact) mass is 860 g/mol. The fourth-order valence-corrected chi connectivity index (χ4v) is 6.51. The lowest BCUT2D eigenvalue weighted by Gasteiger charge is -2.28. The normalized spacial score (nSPS) is 14.3. The predicted octanol–water partition coefficient (Wildman–Crippen LogP) is 12.9. The van der Waals surface area contributed by atoms with E-state index in [1.165, 1.54) is 57.8 Å². The molecule has 2 atom stereocenters. The molecule has 0 saturated carbocycles. The highest BCUT2D eigenvalue weighted by Gasteiger charge is 2.21. The van der Waals surface area contributed by atoms with E-state index in [1.807, 2.05) is 21.1 Å². The highest BCUT2D eigenvalue weighted by molar-refractivity contribution is 7.45. The number of quaternary nitrogens is 1. The van der Waals surface area contributed by atoms with E-state index < -0.39 is 32.5 Å². The molecule has 0 radical (unpaired) electrons. The van der Waals surface area contributed by atoms with Crippen LogP contribution in [-0.2, 0) is 32.7 Å². The largest absolute Gasteiger partial charge is 0.756 e. The third-order valence-corrected chi connectivity index (χ3v) is 10.4. The highest BCUT2D eigenvalue weighted by atomic mass is 31.2. The first-order chi connectivity index (χ1) is 29.0. The molecule has 0 saturated heterocycles. The van der Waals surface area contributed by atoms with Crippen LogP contribution < -0.4 is 4.89 Å². The van der Waals surface area contributed by atoms with E-state index in [9.17, 15) is 19.0 Å². The number of nitrogens with zero attached hydrogens (tertiary/aromatic N) is 1. The van der Waals surface area contributed by atoms with Gasteiger partial charge in [0.1, 0.15) is 19.8 Å². The maximum absolute atomic E-state index is 12.7. The SMILES string of the molecule is CC/C=C/C/C=C/C/C=C/C/C=C/C/C=C/CCCCCC(=O)OC[C@H](COP(=O)([O-])OCC[N+](C)(C)C)OC(=O)CCC/C=C/C/C=C/CCCCCCCCCCC. The molecule has 0 aromatic rings. The minimum absolute atomic E-state index is 0.0482. The maximum Gasteiger partial charge on any atom is 0.306 e. The molecule has 0 aromatic heterocycles. The second kappa shape index (κ2) is 41.5. The fraction of sp³-hybridized carbons (Fsp3) is 0.680. The third-order valence-electron chi connectivity index (χ3n) is 9.40. The van der Waals surface area contributed by atoms with E-state index in [0.29, 0.717) is 30.3 Å². The summed E-state index contributed by atoms with van der Waals surface area (Å²) in [6.45, 7) is 4.01. The Morgan fingerprint density at radius 1 is 0.533 bits per heavy atom. The van der Waals surface area contributed by atoms with Crippen molar-refractivity contribution in [3.05, 3.63) is 85.1 Å². The summed E-state index contributed by atoms with van der Waals surface area (Å²) >= 11 is 0. The van der Waals surface area contributed by atoms with Crippen molar-refractivity contribution in [2.45, 2.75) is 174 Å². The quantitative estimate of drug-likeness (QED) is 0.0196. The molecule has 0 fully saturated rings. The summed E-state index contributed by atoms with van der Waals surface area (Å²) in [5.41, 5.74) is 0. The Bertz CT molecular complexity index is 1290. The number of likely N-dealkylation sites (N-methyl/N-ethyl adjacent to an activating group) is 1. The molecule has 0 bridgehead atoms. The van der Waals surface area contributed by atoms with Gasteiger partial charge in [-0.25, -0.2) is 0 Å². The van der Waals surface area contributed by atoms with Gasteiger partial charge in [0.2, 0.25) is 0 Å². The maximum atomic E-state index is 12.7. The summed E-state index contributed by atoms with van der Waals surface area (Å²) in [7, 11) is 1.11. The number of hydrogen-bond donors (Lipinski definition) is 0. The molecule has 10 heteroatoms. The number of allylic oxidation sites excluding steroid dienone is 14. The van der Waals surface area contributed by atoms with Crippen LogP contribution in [0.5, 0.6) is 0 Å². The Hall–Kier alpha value is -2.81. The van der Waals surface area contributed by atoms with Crippen molar-refractivity contribution < 1.29 is 42.1 Å². The first-order valence-corrected chi connectivity index (χ1v) is 24.8. The van der Waals surface area contributed by atoms with Crippen LogP contribution in [0.15, 0.2) is 85.1 Å². The molecular formula is C50H86NO8P. The van der Waals surface area contributed by atoms with E-state index in [2.05, 4.69) is 98.9 Å². The van der Waals surface area contributed by atoms with Crippen LogP contribution in [0.4, 0.5) is 0 Å². The molecule has 0 amide bonds. The molecule has 1 unspecified atom stereocenters. The number of esters is 2. The summed E-state index contributed by atoms with van der Waals surface area (Å²) in [6.07, 6.45) is 53.4. The molecule has 0 aliphatic rings. The number of unbranched alkanes of at least 4 members (excludes halogenated alkanes) is 13. The minimum Gasteiger partial charge on any atom is -0.756 e. The molecule has 9 nitrogen and oxygen atoms in total. The van der Waals surface area contributed by atoms with Gasteiger partial charge in [-0.15, -0.1) is 0 Å². The molecule has 0 N–H and O–H groups in total. The first kappa shape index (κ1) is 57.2. The first-order valence-electron chi connectivity index (χ1n) is 23.3. The van der Waals surface area contributed by atoms with Crippen LogP contribution in [0.25, 0.3) is 0 Å². The van der Waals surface area contributed by atoms with Gasteiger partial charge in [0.15, 0.2) is 6.10 Å². The number of hydrogen-bond acceptors (Lipinski definition) is 8. The van der Waals surface area contributed by atoms with Gasteiger partial charge >= 0.3 is 11.9 Å². The average molecular weight is 860 g/mol. The number of phosphoric acid groups is 1. The summed E-state index contributed by atoms with van der Waals surface area (Å²) in [4.78, 5) is 37.6.